The second-order valence-electron chi connectivity index (χ2n) is 4.26. The zero-order chi connectivity index (χ0) is 15.1. The Kier molecular flexibility index (Phi) is 5.28. The molecule has 6 nitrogen and oxygen atoms in total. The molecule has 2 aromatic rings. The minimum Gasteiger partial charge on any atom is -0.479 e. The van der Waals surface area contributed by atoms with Crippen LogP contribution in [0.4, 0.5) is 4.79 Å². The SMILES string of the molecule is O=C(NCCc1ccccn1)NC(C(=O)O)c1cccs1. The Bertz CT molecular complexity index is 587. The van der Waals surface area contributed by atoms with E-state index in [2.05, 4.69) is 15.6 Å². The second-order valence-corrected chi connectivity index (χ2v) is 5.24. The van der Waals surface area contributed by atoms with Gasteiger partial charge >= 0.3 is 12.0 Å². The molecule has 0 fully saturated rings. The number of nitrogens with zero attached hydrogens (tertiary/aromatic N) is 1. The third-order valence-electron chi connectivity index (χ3n) is 2.74. The van der Waals surface area contributed by atoms with E-state index in [1.165, 1.54) is 11.3 Å². The number of amides is 2. The molecular formula is C14H15N3O3S. The van der Waals surface area contributed by atoms with Gasteiger partial charge in [0.1, 0.15) is 0 Å². The van der Waals surface area contributed by atoms with Crippen LogP contribution in [0, 0.1) is 0 Å². The van der Waals surface area contributed by atoms with Gasteiger partial charge in [-0.3, -0.25) is 4.98 Å². The summed E-state index contributed by atoms with van der Waals surface area (Å²) < 4.78 is 0. The van der Waals surface area contributed by atoms with Crippen molar-refractivity contribution in [2.24, 2.45) is 0 Å². The number of carbonyl (C=O) groups is 2. The van der Waals surface area contributed by atoms with Crippen molar-refractivity contribution in [1.82, 2.24) is 15.6 Å². The van der Waals surface area contributed by atoms with Crippen LogP contribution in [-0.4, -0.2) is 28.6 Å². The van der Waals surface area contributed by atoms with Gasteiger partial charge < -0.3 is 15.7 Å². The third-order valence-corrected chi connectivity index (χ3v) is 3.68. The molecule has 3 N–H and O–H groups in total. The molecule has 2 amide bonds. The molecule has 7 heteroatoms. The molecule has 21 heavy (non-hydrogen) atoms. The van der Waals surface area contributed by atoms with Crippen molar-refractivity contribution in [3.8, 4) is 0 Å². The number of urea groups is 1. The van der Waals surface area contributed by atoms with Gasteiger partial charge in [-0.2, -0.15) is 0 Å². The Balaban J connectivity index is 1.82. The Labute approximate surface area is 125 Å². The summed E-state index contributed by atoms with van der Waals surface area (Å²) in [5.74, 6) is -1.09. The standard InChI is InChI=1S/C14H15N3O3S/c18-13(19)12(11-5-3-9-21-11)17-14(20)16-8-6-10-4-1-2-7-15-10/h1-5,7,9,12H,6,8H2,(H,18,19)(H2,16,17,20). The predicted octanol–water partition coefficient (Wildman–Crippen LogP) is 1.81. The van der Waals surface area contributed by atoms with Crippen LogP contribution in [0.5, 0.6) is 0 Å². The van der Waals surface area contributed by atoms with Gasteiger partial charge in [-0.05, 0) is 23.6 Å². The van der Waals surface area contributed by atoms with Crippen LogP contribution >= 0.6 is 11.3 Å². The summed E-state index contributed by atoms with van der Waals surface area (Å²) in [4.78, 5) is 27.7. The van der Waals surface area contributed by atoms with Gasteiger partial charge in [0.05, 0.1) is 0 Å². The summed E-state index contributed by atoms with van der Waals surface area (Å²) in [7, 11) is 0. The van der Waals surface area contributed by atoms with Crippen LogP contribution in [0.2, 0.25) is 0 Å². The number of hydrogen-bond donors (Lipinski definition) is 3. The van der Waals surface area contributed by atoms with Crippen LogP contribution in [0.15, 0.2) is 41.9 Å². The van der Waals surface area contributed by atoms with E-state index < -0.39 is 18.0 Å². The summed E-state index contributed by atoms with van der Waals surface area (Å²) in [5.41, 5.74) is 0.867. The highest BCUT2D eigenvalue weighted by Crippen LogP contribution is 2.18. The number of hydrogen-bond acceptors (Lipinski definition) is 4. The molecular weight excluding hydrogens is 290 g/mol. The molecule has 0 radical (unpaired) electrons. The summed E-state index contributed by atoms with van der Waals surface area (Å²) in [6.07, 6.45) is 2.28. The fraction of sp³-hybridized carbons (Fsp3) is 0.214. The van der Waals surface area contributed by atoms with Crippen molar-refractivity contribution < 1.29 is 14.7 Å². The number of nitrogens with one attached hydrogen (secondary N) is 2. The van der Waals surface area contributed by atoms with E-state index >= 15 is 0 Å². The Morgan fingerprint density at radius 2 is 2.14 bits per heavy atom. The van der Waals surface area contributed by atoms with E-state index in [4.69, 9.17) is 5.11 Å². The van der Waals surface area contributed by atoms with E-state index in [0.29, 0.717) is 17.8 Å². The van der Waals surface area contributed by atoms with Crippen LogP contribution in [-0.2, 0) is 11.2 Å². The normalized spacial score (nSPS) is 11.6. The van der Waals surface area contributed by atoms with Gasteiger partial charge in [0.25, 0.3) is 0 Å². The van der Waals surface area contributed by atoms with Crippen molar-refractivity contribution >= 4 is 23.3 Å². The number of aromatic nitrogens is 1. The van der Waals surface area contributed by atoms with Crippen molar-refractivity contribution in [1.29, 1.82) is 0 Å². The topological polar surface area (TPSA) is 91.3 Å². The van der Waals surface area contributed by atoms with Gasteiger partial charge in [-0.15, -0.1) is 11.3 Å². The minimum atomic E-state index is -1.09. The van der Waals surface area contributed by atoms with E-state index in [1.807, 2.05) is 18.2 Å². The van der Waals surface area contributed by atoms with Crippen molar-refractivity contribution in [2.45, 2.75) is 12.5 Å². The number of carboxylic acid groups (broad SMARTS) is 1. The van der Waals surface area contributed by atoms with Gasteiger partial charge in [0, 0.05) is 29.7 Å². The van der Waals surface area contributed by atoms with Gasteiger partial charge in [0.15, 0.2) is 6.04 Å². The number of thiophene rings is 1. The first-order valence-electron chi connectivity index (χ1n) is 6.37. The molecule has 0 bridgehead atoms. The van der Waals surface area contributed by atoms with Crippen LogP contribution < -0.4 is 10.6 Å². The van der Waals surface area contributed by atoms with Crippen LogP contribution in [0.25, 0.3) is 0 Å². The molecule has 0 aromatic carbocycles. The number of carboxylic acids is 1. The van der Waals surface area contributed by atoms with Crippen molar-refractivity contribution in [2.75, 3.05) is 6.54 Å². The summed E-state index contributed by atoms with van der Waals surface area (Å²) in [5, 5.41) is 16.0. The van der Waals surface area contributed by atoms with E-state index in [0.717, 1.165) is 5.69 Å². The minimum absolute atomic E-state index is 0.389. The Hall–Kier alpha value is -2.41. The largest absolute Gasteiger partial charge is 0.479 e. The van der Waals surface area contributed by atoms with Crippen LogP contribution in [0.3, 0.4) is 0 Å². The highest BCUT2D eigenvalue weighted by atomic mass is 32.1. The number of carbonyl (C=O) groups excluding carboxylic acids is 1. The summed E-state index contributed by atoms with van der Waals surface area (Å²) in [6.45, 7) is 0.389. The lowest BCUT2D eigenvalue weighted by Crippen LogP contribution is -2.41. The molecule has 1 unspecified atom stereocenters. The highest BCUT2D eigenvalue weighted by Gasteiger charge is 2.22. The number of aliphatic carboxylic acids is 1. The first-order chi connectivity index (χ1) is 10.2. The fourth-order valence-corrected chi connectivity index (χ4v) is 2.51. The zero-order valence-corrected chi connectivity index (χ0v) is 12.0. The molecule has 1 atom stereocenters. The molecule has 0 saturated heterocycles. The maximum Gasteiger partial charge on any atom is 0.331 e. The smallest absolute Gasteiger partial charge is 0.331 e. The lowest BCUT2D eigenvalue weighted by molar-refractivity contribution is -0.139. The maximum absolute atomic E-state index is 11.7. The fourth-order valence-electron chi connectivity index (χ4n) is 1.74. The Morgan fingerprint density at radius 1 is 1.29 bits per heavy atom. The first kappa shape index (κ1) is 15.0. The van der Waals surface area contributed by atoms with Gasteiger partial charge in [0.2, 0.25) is 0 Å². The van der Waals surface area contributed by atoms with Crippen molar-refractivity contribution in [3.05, 3.63) is 52.5 Å². The van der Waals surface area contributed by atoms with Gasteiger partial charge in [-0.25, -0.2) is 9.59 Å². The summed E-state index contributed by atoms with van der Waals surface area (Å²) >= 11 is 1.29. The molecule has 2 heterocycles. The lowest BCUT2D eigenvalue weighted by atomic mass is 10.2. The number of pyridine rings is 1. The monoisotopic (exact) mass is 305 g/mol. The zero-order valence-electron chi connectivity index (χ0n) is 11.2. The molecule has 2 rings (SSSR count). The van der Waals surface area contributed by atoms with Crippen molar-refractivity contribution in [3.63, 3.8) is 0 Å². The second kappa shape index (κ2) is 7.39. The highest BCUT2D eigenvalue weighted by molar-refractivity contribution is 7.10. The van der Waals surface area contributed by atoms with E-state index in [-0.39, 0.29) is 0 Å². The molecule has 0 aliphatic carbocycles. The molecule has 2 aromatic heterocycles. The van der Waals surface area contributed by atoms with E-state index in [9.17, 15) is 9.59 Å². The molecule has 0 saturated carbocycles. The van der Waals surface area contributed by atoms with Crippen LogP contribution in [0.1, 0.15) is 16.6 Å². The molecule has 0 aliphatic heterocycles. The molecule has 0 spiro atoms. The molecule has 110 valence electrons. The number of rotatable bonds is 6. The predicted molar refractivity (Wildman–Crippen MR) is 79.2 cm³/mol. The Morgan fingerprint density at radius 3 is 2.76 bits per heavy atom. The maximum atomic E-state index is 11.7. The lowest BCUT2D eigenvalue weighted by Gasteiger charge is -2.13. The van der Waals surface area contributed by atoms with Gasteiger partial charge in [-0.1, -0.05) is 12.1 Å². The quantitative estimate of drug-likeness (QED) is 0.759. The molecule has 0 aliphatic rings. The average molecular weight is 305 g/mol. The third kappa shape index (κ3) is 4.57. The first-order valence-corrected chi connectivity index (χ1v) is 7.25. The average Bonchev–Trinajstić information content (AvgIpc) is 2.99. The van der Waals surface area contributed by atoms with E-state index in [1.54, 1.807) is 23.7 Å². The summed E-state index contributed by atoms with van der Waals surface area (Å²) in [6, 6.07) is 7.45.